The SMILES string of the molecule is Fc1cccn2nc(C3c4ncn(PI)c4CCN3c3cnccn3)cc12. The maximum absolute atomic E-state index is 14.2. The first kappa shape index (κ1) is 17.0. The predicted molar refractivity (Wildman–Crippen MR) is 110 cm³/mol. The summed E-state index contributed by atoms with van der Waals surface area (Å²) in [5.74, 6) is 0.467. The van der Waals surface area contributed by atoms with Crippen LogP contribution in [0.3, 0.4) is 0 Å². The Morgan fingerprint density at radius 2 is 2.19 bits per heavy atom. The number of halogens is 2. The van der Waals surface area contributed by atoms with Gasteiger partial charge in [0.2, 0.25) is 0 Å². The van der Waals surface area contributed by atoms with Crippen LogP contribution in [0.15, 0.2) is 49.3 Å². The van der Waals surface area contributed by atoms with Gasteiger partial charge in [-0.1, -0.05) is 0 Å². The van der Waals surface area contributed by atoms with Gasteiger partial charge in [-0.15, -0.1) is 0 Å². The van der Waals surface area contributed by atoms with Gasteiger partial charge in [-0.2, -0.15) is 5.10 Å². The van der Waals surface area contributed by atoms with Crippen LogP contribution in [0, 0.1) is 5.82 Å². The van der Waals surface area contributed by atoms with Crippen LogP contribution in [-0.2, 0) is 6.42 Å². The minimum atomic E-state index is -0.294. The standard InChI is InChI=1S/C17H14FIN7P/c18-11-2-1-6-25-14(11)8-12(23-25)17-16-13(26(27-19)10-22-16)3-7-24(17)15-9-20-4-5-21-15/h1-2,4-6,8-10,17,27H,3,7H2. The van der Waals surface area contributed by atoms with Crippen molar-refractivity contribution in [2.24, 2.45) is 0 Å². The lowest BCUT2D eigenvalue weighted by molar-refractivity contribution is 0.606. The van der Waals surface area contributed by atoms with Crippen LogP contribution in [0.4, 0.5) is 10.2 Å². The molecule has 136 valence electrons. The van der Waals surface area contributed by atoms with Crippen molar-refractivity contribution in [3.8, 4) is 0 Å². The summed E-state index contributed by atoms with van der Waals surface area (Å²) in [6.45, 7) is 0.763. The second-order valence-corrected chi connectivity index (χ2v) is 8.29. The van der Waals surface area contributed by atoms with Gasteiger partial charge in [0.25, 0.3) is 0 Å². The summed E-state index contributed by atoms with van der Waals surface area (Å²) in [5, 5.41) is 4.64. The van der Waals surface area contributed by atoms with E-state index >= 15 is 0 Å². The second kappa shape index (κ2) is 6.79. The number of imidazole rings is 1. The van der Waals surface area contributed by atoms with Crippen molar-refractivity contribution in [2.75, 3.05) is 11.4 Å². The van der Waals surface area contributed by atoms with E-state index in [-0.39, 0.29) is 11.9 Å². The number of pyridine rings is 1. The molecule has 2 unspecified atom stereocenters. The van der Waals surface area contributed by atoms with Crippen LogP contribution in [0.1, 0.15) is 23.1 Å². The summed E-state index contributed by atoms with van der Waals surface area (Å²) in [6, 6.07) is 4.65. The van der Waals surface area contributed by atoms with Crippen molar-refractivity contribution >= 4 is 39.7 Å². The quantitative estimate of drug-likeness (QED) is 0.324. The number of aromatic nitrogens is 6. The Morgan fingerprint density at radius 3 is 2.96 bits per heavy atom. The monoisotopic (exact) mass is 493 g/mol. The van der Waals surface area contributed by atoms with Gasteiger partial charge in [0.1, 0.15) is 23.2 Å². The number of hydrogen-bond acceptors (Lipinski definition) is 5. The molecule has 2 atom stereocenters. The van der Waals surface area contributed by atoms with Crippen molar-refractivity contribution < 1.29 is 4.39 Å². The maximum Gasteiger partial charge on any atom is 0.148 e. The van der Waals surface area contributed by atoms with Crippen LogP contribution >= 0.6 is 28.4 Å². The predicted octanol–water partition coefficient (Wildman–Crippen LogP) is 3.40. The van der Waals surface area contributed by atoms with Crippen LogP contribution < -0.4 is 4.90 Å². The topological polar surface area (TPSA) is 64.1 Å². The molecule has 0 saturated carbocycles. The van der Waals surface area contributed by atoms with Crippen molar-refractivity contribution in [3.63, 3.8) is 0 Å². The maximum atomic E-state index is 14.2. The molecule has 4 aromatic heterocycles. The molecule has 0 spiro atoms. The van der Waals surface area contributed by atoms with E-state index < -0.39 is 0 Å². The molecular formula is C17H14FIN7P. The van der Waals surface area contributed by atoms with E-state index in [0.29, 0.717) is 11.9 Å². The molecule has 4 aromatic rings. The Kier molecular flexibility index (Phi) is 4.28. The lowest BCUT2D eigenvalue weighted by atomic mass is 10.00. The average Bonchev–Trinajstić information content (AvgIpc) is 3.32. The molecule has 7 nitrogen and oxygen atoms in total. The molecule has 0 amide bonds. The second-order valence-electron chi connectivity index (χ2n) is 6.20. The Balaban J connectivity index is 1.70. The van der Waals surface area contributed by atoms with Gasteiger partial charge >= 0.3 is 0 Å². The number of rotatable bonds is 3. The molecule has 1 aliphatic rings. The zero-order valence-corrected chi connectivity index (χ0v) is 17.2. The van der Waals surface area contributed by atoms with Crippen LogP contribution in [0.25, 0.3) is 5.52 Å². The lowest BCUT2D eigenvalue weighted by Crippen LogP contribution is -2.37. The molecule has 0 aromatic carbocycles. The fourth-order valence-electron chi connectivity index (χ4n) is 3.56. The summed E-state index contributed by atoms with van der Waals surface area (Å²) in [4.78, 5) is 15.5. The van der Waals surface area contributed by atoms with Gasteiger partial charge in [-0.25, -0.2) is 18.9 Å². The fraction of sp³-hybridized carbons (Fsp3) is 0.176. The van der Waals surface area contributed by atoms with E-state index in [2.05, 4.69) is 51.3 Å². The molecule has 0 saturated heterocycles. The molecular weight excluding hydrogens is 479 g/mol. The highest BCUT2D eigenvalue weighted by Crippen LogP contribution is 2.39. The van der Waals surface area contributed by atoms with E-state index in [1.165, 1.54) is 11.8 Å². The minimum absolute atomic E-state index is 0.237. The zero-order chi connectivity index (χ0) is 18.4. The van der Waals surface area contributed by atoms with Gasteiger partial charge in [-0.05, 0) is 40.2 Å². The average molecular weight is 493 g/mol. The number of hydrogen-bond donors (Lipinski definition) is 0. The number of fused-ring (bicyclic) bond motifs is 2. The largest absolute Gasteiger partial charge is 0.340 e. The molecule has 10 heteroatoms. The molecule has 0 N–H and O–H groups in total. The molecule has 0 bridgehead atoms. The highest BCUT2D eigenvalue weighted by atomic mass is 127. The van der Waals surface area contributed by atoms with Crippen LogP contribution in [0.2, 0.25) is 0 Å². The summed E-state index contributed by atoms with van der Waals surface area (Å²) < 4.78 is 18.0. The van der Waals surface area contributed by atoms with Gasteiger partial charge < -0.3 is 9.24 Å². The van der Waals surface area contributed by atoms with Crippen LogP contribution in [0.5, 0.6) is 0 Å². The highest BCUT2D eigenvalue weighted by Gasteiger charge is 2.35. The van der Waals surface area contributed by atoms with Crippen molar-refractivity contribution in [3.05, 3.63) is 72.2 Å². The fourth-order valence-corrected chi connectivity index (χ4v) is 5.24. The van der Waals surface area contributed by atoms with Gasteiger partial charge in [-0.3, -0.25) is 4.98 Å². The summed E-state index contributed by atoms with van der Waals surface area (Å²) in [5.41, 5.74) is 3.34. The third kappa shape index (κ3) is 2.80. The molecule has 5 heterocycles. The Morgan fingerprint density at radius 1 is 1.26 bits per heavy atom. The number of nitrogens with zero attached hydrogens (tertiary/aromatic N) is 7. The number of anilines is 1. The van der Waals surface area contributed by atoms with E-state index in [1.807, 2.05) is 6.33 Å². The highest BCUT2D eigenvalue weighted by molar-refractivity contribution is 14.2. The minimum Gasteiger partial charge on any atom is -0.340 e. The first-order chi connectivity index (χ1) is 13.3. The van der Waals surface area contributed by atoms with Gasteiger partial charge in [0, 0.05) is 43.6 Å². The van der Waals surface area contributed by atoms with Crippen molar-refractivity contribution in [1.29, 1.82) is 0 Å². The smallest absolute Gasteiger partial charge is 0.148 e. The molecule has 0 aliphatic carbocycles. The lowest BCUT2D eigenvalue weighted by Gasteiger charge is -2.35. The molecule has 0 radical (unpaired) electrons. The van der Waals surface area contributed by atoms with E-state index in [4.69, 9.17) is 0 Å². The molecule has 0 fully saturated rings. The molecule has 27 heavy (non-hydrogen) atoms. The van der Waals surface area contributed by atoms with Crippen molar-refractivity contribution in [2.45, 2.75) is 12.5 Å². The molecule has 1 aliphatic heterocycles. The molecule has 5 rings (SSSR count). The van der Waals surface area contributed by atoms with Crippen molar-refractivity contribution in [1.82, 2.24) is 28.9 Å². The summed E-state index contributed by atoms with van der Waals surface area (Å²) in [7, 11) is 0. The zero-order valence-electron chi connectivity index (χ0n) is 14.0. The summed E-state index contributed by atoms with van der Waals surface area (Å²) in [6.07, 6.45) is 10.1. The first-order valence-corrected chi connectivity index (χ1v) is 12.4. The Hall–Kier alpha value is -2.13. The Labute approximate surface area is 169 Å². The third-order valence-electron chi connectivity index (χ3n) is 4.74. The van der Waals surface area contributed by atoms with E-state index in [9.17, 15) is 4.39 Å². The van der Waals surface area contributed by atoms with E-state index in [0.717, 1.165) is 30.2 Å². The normalized spacial score (nSPS) is 17.1. The van der Waals surface area contributed by atoms with Gasteiger partial charge in [0.15, 0.2) is 0 Å². The first-order valence-electron chi connectivity index (χ1n) is 8.35. The van der Waals surface area contributed by atoms with Gasteiger partial charge in [0.05, 0.1) is 23.9 Å². The van der Waals surface area contributed by atoms with Crippen LogP contribution in [-0.4, -0.2) is 35.4 Å². The summed E-state index contributed by atoms with van der Waals surface area (Å²) >= 11 is 2.36. The third-order valence-corrected chi connectivity index (χ3v) is 6.87. The van der Waals surface area contributed by atoms with E-state index in [1.54, 1.807) is 41.4 Å². The Bertz CT molecular complexity index is 1110.